The van der Waals surface area contributed by atoms with Gasteiger partial charge in [-0.25, -0.2) is 4.98 Å². The van der Waals surface area contributed by atoms with Crippen LogP contribution in [0.4, 0.5) is 17.5 Å². The average Bonchev–Trinajstić information content (AvgIpc) is 3.31. The lowest BCUT2D eigenvalue weighted by Gasteiger charge is -2.12. The molecule has 1 saturated carbocycles. The maximum absolute atomic E-state index is 5.44. The first-order valence-electron chi connectivity index (χ1n) is 7.18. The van der Waals surface area contributed by atoms with E-state index in [0.29, 0.717) is 11.9 Å². The minimum atomic E-state index is 0.603. The number of nitrogens with one attached hydrogen (secondary N) is 2. The van der Waals surface area contributed by atoms with Gasteiger partial charge in [0.2, 0.25) is 5.95 Å². The molecule has 2 aromatic rings. The molecule has 0 atom stereocenters. The van der Waals surface area contributed by atoms with E-state index >= 15 is 0 Å². The first-order valence-corrected chi connectivity index (χ1v) is 7.18. The largest absolute Gasteiger partial charge is 0.496 e. The van der Waals surface area contributed by atoms with Gasteiger partial charge >= 0.3 is 0 Å². The minimum Gasteiger partial charge on any atom is -0.496 e. The molecule has 1 aromatic heterocycles. The molecule has 0 amide bonds. The van der Waals surface area contributed by atoms with Gasteiger partial charge < -0.3 is 15.4 Å². The molecule has 0 unspecified atom stereocenters. The van der Waals surface area contributed by atoms with E-state index in [0.717, 1.165) is 22.9 Å². The van der Waals surface area contributed by atoms with Crippen molar-refractivity contribution in [3.63, 3.8) is 0 Å². The fourth-order valence-corrected chi connectivity index (χ4v) is 2.41. The van der Waals surface area contributed by atoms with Crippen molar-refractivity contribution in [2.75, 3.05) is 24.8 Å². The van der Waals surface area contributed by atoms with Crippen molar-refractivity contribution in [2.45, 2.75) is 25.7 Å². The van der Waals surface area contributed by atoms with E-state index in [1.54, 1.807) is 7.11 Å². The van der Waals surface area contributed by atoms with Crippen molar-refractivity contribution in [1.82, 2.24) is 9.97 Å². The van der Waals surface area contributed by atoms with Crippen LogP contribution < -0.4 is 15.4 Å². The Hall–Kier alpha value is -2.30. The van der Waals surface area contributed by atoms with Gasteiger partial charge in [0.05, 0.1) is 7.11 Å². The third kappa shape index (κ3) is 3.07. The summed E-state index contributed by atoms with van der Waals surface area (Å²) in [5.74, 6) is 3.00. The molecule has 3 rings (SSSR count). The topological polar surface area (TPSA) is 59.1 Å². The second-order valence-corrected chi connectivity index (χ2v) is 5.32. The van der Waals surface area contributed by atoms with Crippen LogP contribution in [-0.4, -0.2) is 24.1 Å². The molecule has 2 N–H and O–H groups in total. The van der Waals surface area contributed by atoms with Gasteiger partial charge in [-0.2, -0.15) is 4.98 Å². The number of anilines is 3. The summed E-state index contributed by atoms with van der Waals surface area (Å²) in [5, 5.41) is 6.32. The molecular weight excluding hydrogens is 264 g/mol. The molecule has 1 fully saturated rings. The van der Waals surface area contributed by atoms with Crippen LogP contribution in [0.5, 0.6) is 5.75 Å². The fraction of sp³-hybridized carbons (Fsp3) is 0.375. The van der Waals surface area contributed by atoms with Gasteiger partial charge in [0.25, 0.3) is 0 Å². The van der Waals surface area contributed by atoms with Gasteiger partial charge in [-0.3, -0.25) is 0 Å². The second-order valence-electron chi connectivity index (χ2n) is 5.32. The van der Waals surface area contributed by atoms with Gasteiger partial charge in [-0.15, -0.1) is 0 Å². The molecular formula is C16H20N4O. The predicted molar refractivity (Wildman–Crippen MR) is 84.6 cm³/mol. The van der Waals surface area contributed by atoms with Gasteiger partial charge in [-0.05, 0) is 49.4 Å². The molecule has 0 aliphatic heterocycles. The van der Waals surface area contributed by atoms with Gasteiger partial charge in [0.15, 0.2) is 0 Å². The van der Waals surface area contributed by atoms with E-state index in [1.165, 1.54) is 18.4 Å². The molecule has 0 radical (unpaired) electrons. The van der Waals surface area contributed by atoms with Crippen molar-refractivity contribution < 1.29 is 4.74 Å². The molecule has 5 heteroatoms. The van der Waals surface area contributed by atoms with Crippen LogP contribution in [0.3, 0.4) is 0 Å². The molecule has 5 nitrogen and oxygen atoms in total. The number of rotatable bonds is 5. The highest BCUT2D eigenvalue weighted by atomic mass is 16.5. The minimum absolute atomic E-state index is 0.603. The molecule has 1 aliphatic carbocycles. The van der Waals surface area contributed by atoms with Crippen LogP contribution in [0.2, 0.25) is 0 Å². The fourth-order valence-electron chi connectivity index (χ4n) is 2.41. The number of benzene rings is 1. The number of methoxy groups -OCH3 is 1. The van der Waals surface area contributed by atoms with Crippen LogP contribution in [0, 0.1) is 6.92 Å². The van der Waals surface area contributed by atoms with Gasteiger partial charge in [0.1, 0.15) is 11.6 Å². The van der Waals surface area contributed by atoms with E-state index in [4.69, 9.17) is 4.74 Å². The van der Waals surface area contributed by atoms with Crippen LogP contribution in [0.15, 0.2) is 24.3 Å². The lowest BCUT2D eigenvalue weighted by Crippen LogP contribution is -2.02. The molecule has 0 saturated heterocycles. The molecule has 1 aliphatic rings. The quantitative estimate of drug-likeness (QED) is 0.880. The zero-order chi connectivity index (χ0) is 14.8. The Kier molecular flexibility index (Phi) is 3.64. The smallest absolute Gasteiger partial charge is 0.229 e. The van der Waals surface area contributed by atoms with Crippen molar-refractivity contribution >= 4 is 17.5 Å². The van der Waals surface area contributed by atoms with Crippen molar-refractivity contribution in [3.05, 3.63) is 35.5 Å². The molecule has 110 valence electrons. The van der Waals surface area contributed by atoms with E-state index in [1.807, 2.05) is 32.2 Å². The Bertz CT molecular complexity index is 653. The third-order valence-corrected chi connectivity index (χ3v) is 3.61. The normalized spacial score (nSPS) is 13.9. The number of aryl methyl sites for hydroxylation is 1. The first-order chi connectivity index (χ1) is 10.2. The SMILES string of the molecule is CNc1cc(C)nc(Nc2ccc(OC)c(C3CC3)c2)n1. The Morgan fingerprint density at radius 3 is 2.67 bits per heavy atom. The van der Waals surface area contributed by atoms with Gasteiger partial charge in [-0.1, -0.05) is 0 Å². The van der Waals surface area contributed by atoms with E-state index in [2.05, 4.69) is 26.7 Å². The summed E-state index contributed by atoms with van der Waals surface area (Å²) < 4.78 is 5.44. The summed E-state index contributed by atoms with van der Waals surface area (Å²) >= 11 is 0. The monoisotopic (exact) mass is 284 g/mol. The number of hydrogen-bond donors (Lipinski definition) is 2. The highest BCUT2D eigenvalue weighted by molar-refractivity contribution is 5.59. The standard InChI is InChI=1S/C16H20N4O/c1-10-8-15(17-2)20-16(18-10)19-12-6-7-14(21-3)13(9-12)11-4-5-11/h6-9,11H,4-5H2,1-3H3,(H2,17,18,19,20). The molecule has 21 heavy (non-hydrogen) atoms. The van der Waals surface area contributed by atoms with Crippen molar-refractivity contribution in [1.29, 1.82) is 0 Å². The van der Waals surface area contributed by atoms with Crippen molar-refractivity contribution in [3.8, 4) is 5.75 Å². The van der Waals surface area contributed by atoms with Crippen LogP contribution >= 0.6 is 0 Å². The highest BCUT2D eigenvalue weighted by Crippen LogP contribution is 2.45. The maximum Gasteiger partial charge on any atom is 0.229 e. The van der Waals surface area contributed by atoms with E-state index in [9.17, 15) is 0 Å². The zero-order valence-corrected chi connectivity index (χ0v) is 12.6. The number of nitrogens with zero attached hydrogens (tertiary/aromatic N) is 2. The number of aromatic nitrogens is 2. The summed E-state index contributed by atoms with van der Waals surface area (Å²) in [6.45, 7) is 1.96. The lowest BCUT2D eigenvalue weighted by atomic mass is 10.1. The summed E-state index contributed by atoms with van der Waals surface area (Å²) in [6.07, 6.45) is 2.48. The Morgan fingerprint density at radius 2 is 2.00 bits per heavy atom. The van der Waals surface area contributed by atoms with Crippen LogP contribution in [0.25, 0.3) is 0 Å². The van der Waals surface area contributed by atoms with Gasteiger partial charge in [0, 0.05) is 24.5 Å². The number of ether oxygens (including phenoxy) is 1. The highest BCUT2D eigenvalue weighted by Gasteiger charge is 2.27. The predicted octanol–water partition coefficient (Wildman–Crippen LogP) is 3.46. The molecule has 0 spiro atoms. The lowest BCUT2D eigenvalue weighted by molar-refractivity contribution is 0.410. The number of hydrogen-bond acceptors (Lipinski definition) is 5. The van der Waals surface area contributed by atoms with E-state index < -0.39 is 0 Å². The molecule has 1 aromatic carbocycles. The zero-order valence-electron chi connectivity index (χ0n) is 12.6. The Morgan fingerprint density at radius 1 is 1.19 bits per heavy atom. The summed E-state index contributed by atoms with van der Waals surface area (Å²) in [5.41, 5.74) is 3.18. The summed E-state index contributed by atoms with van der Waals surface area (Å²) in [6, 6.07) is 8.05. The molecule has 0 bridgehead atoms. The van der Waals surface area contributed by atoms with Crippen LogP contribution in [-0.2, 0) is 0 Å². The van der Waals surface area contributed by atoms with Crippen molar-refractivity contribution in [2.24, 2.45) is 0 Å². The first kappa shape index (κ1) is 13.7. The van der Waals surface area contributed by atoms with E-state index in [-0.39, 0.29) is 0 Å². The van der Waals surface area contributed by atoms with Crippen LogP contribution in [0.1, 0.15) is 30.0 Å². The second kappa shape index (κ2) is 5.60. The maximum atomic E-state index is 5.44. The molecule has 1 heterocycles. The average molecular weight is 284 g/mol. The Balaban J connectivity index is 1.87. The Labute approximate surface area is 124 Å². The summed E-state index contributed by atoms with van der Waals surface area (Å²) in [7, 11) is 3.57. The third-order valence-electron chi connectivity index (χ3n) is 3.61. The summed E-state index contributed by atoms with van der Waals surface area (Å²) in [4.78, 5) is 8.83.